The molecule has 1 aromatic rings. The first-order valence-corrected chi connectivity index (χ1v) is 5.83. The third-order valence-electron chi connectivity index (χ3n) is 2.39. The van der Waals surface area contributed by atoms with E-state index in [4.69, 9.17) is 0 Å². The first kappa shape index (κ1) is 11.2. The summed E-state index contributed by atoms with van der Waals surface area (Å²) >= 11 is 1.70. The van der Waals surface area contributed by atoms with Gasteiger partial charge in [-0.05, 0) is 24.8 Å². The average Bonchev–Trinajstić information content (AvgIpc) is 2.68. The highest BCUT2D eigenvalue weighted by molar-refractivity contribution is 7.10. The number of nitrogens with zero attached hydrogens (tertiary/aromatic N) is 1. The highest BCUT2D eigenvalue weighted by atomic mass is 32.1. The van der Waals surface area contributed by atoms with Gasteiger partial charge in [0.1, 0.15) is 0 Å². The van der Waals surface area contributed by atoms with Gasteiger partial charge in [0.05, 0.1) is 6.04 Å². The molecule has 0 bridgehead atoms. The van der Waals surface area contributed by atoms with E-state index in [1.807, 2.05) is 30.3 Å². The molecule has 1 aromatic heterocycles. The van der Waals surface area contributed by atoms with Crippen LogP contribution in [0, 0.1) is 0 Å². The number of rotatable bonds is 4. The maximum absolute atomic E-state index is 11.6. The average molecular weight is 211 g/mol. The second-order valence-corrected chi connectivity index (χ2v) is 4.43. The van der Waals surface area contributed by atoms with E-state index in [1.165, 1.54) is 4.88 Å². The van der Waals surface area contributed by atoms with Crippen molar-refractivity contribution >= 4 is 17.2 Å². The molecule has 1 unspecified atom stereocenters. The van der Waals surface area contributed by atoms with E-state index < -0.39 is 0 Å². The summed E-state index contributed by atoms with van der Waals surface area (Å²) in [5, 5.41) is 2.05. The maximum atomic E-state index is 11.6. The van der Waals surface area contributed by atoms with Crippen molar-refractivity contribution < 1.29 is 4.79 Å². The normalized spacial score (nSPS) is 12.5. The number of hydrogen-bond acceptors (Lipinski definition) is 2. The molecule has 0 fully saturated rings. The second kappa shape index (κ2) is 5.15. The topological polar surface area (TPSA) is 20.3 Å². The lowest BCUT2D eigenvalue weighted by atomic mass is 10.2. The molecule has 2 nitrogen and oxygen atoms in total. The molecular formula is C11H17NOS. The second-order valence-electron chi connectivity index (χ2n) is 3.45. The fraction of sp³-hybridized carbons (Fsp3) is 0.545. The van der Waals surface area contributed by atoms with Gasteiger partial charge in [-0.25, -0.2) is 0 Å². The first-order valence-electron chi connectivity index (χ1n) is 4.95. The summed E-state index contributed by atoms with van der Waals surface area (Å²) in [4.78, 5) is 14.7. The molecule has 1 amide bonds. The molecule has 0 aliphatic rings. The third kappa shape index (κ3) is 2.58. The van der Waals surface area contributed by atoms with E-state index in [0.29, 0.717) is 6.42 Å². The Kier molecular flexibility index (Phi) is 4.14. The maximum Gasteiger partial charge on any atom is 0.222 e. The molecule has 0 aliphatic carbocycles. The molecule has 0 aromatic carbocycles. The van der Waals surface area contributed by atoms with Gasteiger partial charge < -0.3 is 4.90 Å². The van der Waals surface area contributed by atoms with E-state index in [-0.39, 0.29) is 11.9 Å². The molecule has 1 rings (SSSR count). The molecule has 78 valence electrons. The molecule has 14 heavy (non-hydrogen) atoms. The summed E-state index contributed by atoms with van der Waals surface area (Å²) in [7, 11) is 1.88. The Morgan fingerprint density at radius 1 is 1.64 bits per heavy atom. The predicted octanol–water partition coefficient (Wildman–Crippen LogP) is 3.07. The summed E-state index contributed by atoms with van der Waals surface area (Å²) in [6.45, 7) is 4.10. The monoisotopic (exact) mass is 211 g/mol. The van der Waals surface area contributed by atoms with Crippen molar-refractivity contribution in [3.63, 3.8) is 0 Å². The van der Waals surface area contributed by atoms with Crippen molar-refractivity contribution in [1.82, 2.24) is 4.90 Å². The highest BCUT2D eigenvalue weighted by Crippen LogP contribution is 2.23. The van der Waals surface area contributed by atoms with E-state index in [1.54, 1.807) is 11.3 Å². The Morgan fingerprint density at radius 2 is 2.36 bits per heavy atom. The molecule has 0 saturated heterocycles. The predicted molar refractivity (Wildman–Crippen MR) is 60.4 cm³/mol. The van der Waals surface area contributed by atoms with E-state index >= 15 is 0 Å². The number of thiophene rings is 1. The van der Waals surface area contributed by atoms with Gasteiger partial charge in [0.2, 0.25) is 5.91 Å². The van der Waals surface area contributed by atoms with Crippen molar-refractivity contribution in [2.75, 3.05) is 7.05 Å². The summed E-state index contributed by atoms with van der Waals surface area (Å²) < 4.78 is 0. The zero-order valence-electron chi connectivity index (χ0n) is 8.99. The van der Waals surface area contributed by atoms with Crippen LogP contribution >= 0.6 is 11.3 Å². The van der Waals surface area contributed by atoms with Crippen LogP contribution < -0.4 is 0 Å². The molecule has 0 radical (unpaired) electrons. The van der Waals surface area contributed by atoms with E-state index in [0.717, 1.165) is 6.42 Å². The molecule has 0 spiro atoms. The third-order valence-corrected chi connectivity index (χ3v) is 3.44. The quantitative estimate of drug-likeness (QED) is 0.749. The van der Waals surface area contributed by atoms with E-state index in [2.05, 4.69) is 13.0 Å². The van der Waals surface area contributed by atoms with Crippen LogP contribution in [0.4, 0.5) is 0 Å². The zero-order valence-corrected chi connectivity index (χ0v) is 9.80. The van der Waals surface area contributed by atoms with Crippen LogP contribution in [-0.4, -0.2) is 17.9 Å². The lowest BCUT2D eigenvalue weighted by Crippen LogP contribution is -2.28. The lowest BCUT2D eigenvalue weighted by Gasteiger charge is -2.23. The van der Waals surface area contributed by atoms with Crippen molar-refractivity contribution in [3.05, 3.63) is 22.4 Å². The number of amides is 1. The van der Waals surface area contributed by atoms with Crippen LogP contribution in [0.1, 0.15) is 37.6 Å². The highest BCUT2D eigenvalue weighted by Gasteiger charge is 2.16. The van der Waals surface area contributed by atoms with Gasteiger partial charge in [-0.15, -0.1) is 11.3 Å². The largest absolute Gasteiger partial charge is 0.338 e. The lowest BCUT2D eigenvalue weighted by molar-refractivity contribution is -0.131. The minimum atomic E-state index is 0.203. The molecule has 0 N–H and O–H groups in total. The Bertz CT molecular complexity index is 281. The van der Waals surface area contributed by atoms with Gasteiger partial charge in [0.15, 0.2) is 0 Å². The Morgan fingerprint density at radius 3 is 2.86 bits per heavy atom. The van der Waals surface area contributed by atoms with Crippen molar-refractivity contribution in [1.29, 1.82) is 0 Å². The van der Waals surface area contributed by atoms with Crippen LogP contribution in [0.3, 0.4) is 0 Å². The SMILES string of the molecule is CCCC(=O)N(C)C(C)c1cccs1. The van der Waals surface area contributed by atoms with Gasteiger partial charge in [-0.2, -0.15) is 0 Å². The van der Waals surface area contributed by atoms with Gasteiger partial charge in [0, 0.05) is 18.3 Å². The standard InChI is InChI=1S/C11H17NOS/c1-4-6-11(13)12(3)9(2)10-7-5-8-14-10/h5,7-9H,4,6H2,1-3H3. The van der Waals surface area contributed by atoms with Crippen LogP contribution in [0.15, 0.2) is 17.5 Å². The first-order chi connectivity index (χ1) is 6.66. The fourth-order valence-electron chi connectivity index (χ4n) is 1.33. The summed E-state index contributed by atoms with van der Waals surface area (Å²) in [5.74, 6) is 0.230. The molecule has 0 aliphatic heterocycles. The van der Waals surface area contributed by atoms with Gasteiger partial charge in [0.25, 0.3) is 0 Å². The van der Waals surface area contributed by atoms with Gasteiger partial charge in [-0.3, -0.25) is 4.79 Å². The van der Waals surface area contributed by atoms with Gasteiger partial charge in [-0.1, -0.05) is 13.0 Å². The molecular weight excluding hydrogens is 194 g/mol. The molecule has 3 heteroatoms. The summed E-state index contributed by atoms with van der Waals surface area (Å²) in [6.07, 6.45) is 1.56. The number of carbonyl (C=O) groups is 1. The minimum absolute atomic E-state index is 0.203. The van der Waals surface area contributed by atoms with Crippen molar-refractivity contribution in [2.24, 2.45) is 0 Å². The molecule has 1 atom stereocenters. The Hall–Kier alpha value is -0.830. The van der Waals surface area contributed by atoms with Crippen LogP contribution in [0.25, 0.3) is 0 Å². The van der Waals surface area contributed by atoms with Crippen molar-refractivity contribution in [3.8, 4) is 0 Å². The Balaban J connectivity index is 2.61. The van der Waals surface area contributed by atoms with Crippen LogP contribution in [0.2, 0.25) is 0 Å². The minimum Gasteiger partial charge on any atom is -0.338 e. The van der Waals surface area contributed by atoms with Gasteiger partial charge >= 0.3 is 0 Å². The van der Waals surface area contributed by atoms with Crippen LogP contribution in [-0.2, 0) is 4.79 Å². The zero-order chi connectivity index (χ0) is 10.6. The van der Waals surface area contributed by atoms with Crippen molar-refractivity contribution in [2.45, 2.75) is 32.7 Å². The molecule has 0 saturated carbocycles. The Labute approximate surface area is 89.5 Å². The number of carbonyl (C=O) groups excluding carboxylic acids is 1. The fourth-order valence-corrected chi connectivity index (χ4v) is 2.15. The van der Waals surface area contributed by atoms with E-state index in [9.17, 15) is 4.79 Å². The smallest absolute Gasteiger partial charge is 0.222 e. The van der Waals surface area contributed by atoms with Crippen LogP contribution in [0.5, 0.6) is 0 Å². The summed E-state index contributed by atoms with van der Waals surface area (Å²) in [6, 6.07) is 4.30. The summed E-state index contributed by atoms with van der Waals surface area (Å²) in [5.41, 5.74) is 0. The molecule has 1 heterocycles. The number of hydrogen-bond donors (Lipinski definition) is 0.